The Labute approximate surface area is 109 Å². The summed E-state index contributed by atoms with van der Waals surface area (Å²) < 4.78 is 10.7. The molecule has 0 saturated carbocycles. The Morgan fingerprint density at radius 1 is 1.32 bits per heavy atom. The van der Waals surface area contributed by atoms with Crippen molar-refractivity contribution in [3.63, 3.8) is 0 Å². The van der Waals surface area contributed by atoms with Crippen molar-refractivity contribution in [2.45, 2.75) is 31.6 Å². The molecule has 2 bridgehead atoms. The number of ether oxygens (including phenoxy) is 1. The van der Waals surface area contributed by atoms with Crippen molar-refractivity contribution >= 4 is 11.9 Å². The molecule has 19 heavy (non-hydrogen) atoms. The van der Waals surface area contributed by atoms with Crippen LogP contribution in [0.25, 0.3) is 0 Å². The third-order valence-corrected chi connectivity index (χ3v) is 3.88. The summed E-state index contributed by atoms with van der Waals surface area (Å²) in [5.41, 5.74) is 0. The van der Waals surface area contributed by atoms with Gasteiger partial charge in [-0.15, -0.1) is 0 Å². The first-order valence-corrected chi connectivity index (χ1v) is 6.35. The Hall–Kier alpha value is -1.82. The second-order valence-electron chi connectivity index (χ2n) is 4.98. The molecule has 2 fully saturated rings. The van der Waals surface area contributed by atoms with Crippen LogP contribution in [0.1, 0.15) is 18.6 Å². The van der Waals surface area contributed by atoms with Gasteiger partial charge in [0, 0.05) is 0 Å². The van der Waals surface area contributed by atoms with E-state index in [1.165, 1.54) is 6.26 Å². The number of carboxylic acids is 1. The normalized spacial score (nSPS) is 32.4. The predicted octanol–water partition coefficient (Wildman–Crippen LogP) is 0.774. The minimum absolute atomic E-state index is 0.261. The monoisotopic (exact) mass is 265 g/mol. The van der Waals surface area contributed by atoms with Crippen LogP contribution in [-0.4, -0.2) is 29.2 Å². The second kappa shape index (κ2) is 4.70. The first-order valence-electron chi connectivity index (χ1n) is 6.35. The maximum absolute atomic E-state index is 12.1. The quantitative estimate of drug-likeness (QED) is 0.839. The van der Waals surface area contributed by atoms with Crippen LogP contribution in [0.5, 0.6) is 0 Å². The summed E-state index contributed by atoms with van der Waals surface area (Å²) in [6.45, 7) is 0.270. The summed E-state index contributed by atoms with van der Waals surface area (Å²) in [6, 6.07) is 3.49. The maximum Gasteiger partial charge on any atom is 0.310 e. The van der Waals surface area contributed by atoms with Gasteiger partial charge in [-0.05, 0) is 25.0 Å². The number of rotatable bonds is 4. The fourth-order valence-electron chi connectivity index (χ4n) is 3.03. The number of aliphatic carboxylic acids is 1. The number of amides is 1. The van der Waals surface area contributed by atoms with Crippen molar-refractivity contribution < 1.29 is 23.8 Å². The van der Waals surface area contributed by atoms with E-state index in [1.807, 2.05) is 0 Å². The summed E-state index contributed by atoms with van der Waals surface area (Å²) in [7, 11) is 0. The lowest BCUT2D eigenvalue weighted by Crippen LogP contribution is -2.43. The molecule has 2 N–H and O–H groups in total. The molecular weight excluding hydrogens is 250 g/mol. The van der Waals surface area contributed by atoms with E-state index in [0.717, 1.165) is 12.8 Å². The maximum atomic E-state index is 12.1. The van der Waals surface area contributed by atoms with Crippen molar-refractivity contribution in [3.8, 4) is 0 Å². The lowest BCUT2D eigenvalue weighted by atomic mass is 9.79. The highest BCUT2D eigenvalue weighted by Crippen LogP contribution is 2.43. The molecule has 2 aliphatic heterocycles. The number of furan rings is 1. The van der Waals surface area contributed by atoms with Gasteiger partial charge >= 0.3 is 5.97 Å². The Morgan fingerprint density at radius 3 is 2.68 bits per heavy atom. The zero-order valence-corrected chi connectivity index (χ0v) is 10.2. The summed E-state index contributed by atoms with van der Waals surface area (Å²) in [5, 5.41) is 11.9. The van der Waals surface area contributed by atoms with E-state index in [9.17, 15) is 14.7 Å². The molecule has 0 radical (unpaired) electrons. The summed E-state index contributed by atoms with van der Waals surface area (Å²) in [5.74, 6) is -1.90. The average molecular weight is 265 g/mol. The van der Waals surface area contributed by atoms with Crippen LogP contribution in [0.2, 0.25) is 0 Å². The van der Waals surface area contributed by atoms with Gasteiger partial charge in [-0.2, -0.15) is 0 Å². The van der Waals surface area contributed by atoms with E-state index >= 15 is 0 Å². The number of fused-ring (bicyclic) bond motifs is 2. The van der Waals surface area contributed by atoms with Crippen LogP contribution in [-0.2, 0) is 20.9 Å². The largest absolute Gasteiger partial charge is 0.481 e. The molecule has 6 nitrogen and oxygen atoms in total. The first kappa shape index (κ1) is 12.2. The van der Waals surface area contributed by atoms with Gasteiger partial charge in [-0.1, -0.05) is 0 Å². The summed E-state index contributed by atoms with van der Waals surface area (Å²) in [4.78, 5) is 23.4. The molecule has 1 amide bonds. The van der Waals surface area contributed by atoms with Gasteiger partial charge < -0.3 is 19.6 Å². The molecule has 4 atom stereocenters. The van der Waals surface area contributed by atoms with E-state index in [0.29, 0.717) is 5.76 Å². The molecule has 0 aliphatic carbocycles. The van der Waals surface area contributed by atoms with Gasteiger partial charge in [-0.25, -0.2) is 0 Å². The highest BCUT2D eigenvalue weighted by molar-refractivity contribution is 5.86. The smallest absolute Gasteiger partial charge is 0.310 e. The highest BCUT2D eigenvalue weighted by atomic mass is 16.5. The van der Waals surface area contributed by atoms with Crippen LogP contribution in [0.4, 0.5) is 0 Å². The average Bonchev–Trinajstić information content (AvgIpc) is 3.10. The molecule has 2 saturated heterocycles. The standard InChI is InChI=1S/C13H15NO5/c15-12(14-6-7-2-1-5-18-7)10-8-3-4-9(19-8)11(10)13(16)17/h1-2,5,8-11H,3-4,6H2,(H,14,15)(H,16,17)/t8-,9-,10+,11-/m1/s1. The van der Waals surface area contributed by atoms with Crippen LogP contribution >= 0.6 is 0 Å². The van der Waals surface area contributed by atoms with Crippen LogP contribution < -0.4 is 5.32 Å². The summed E-state index contributed by atoms with van der Waals surface area (Å²) in [6.07, 6.45) is 2.43. The SMILES string of the molecule is O=C(NCc1ccco1)[C@@H]1[C@H](C(=O)O)[C@H]2CC[C@H]1O2. The van der Waals surface area contributed by atoms with E-state index in [1.54, 1.807) is 12.1 Å². The predicted molar refractivity (Wildman–Crippen MR) is 63.1 cm³/mol. The minimum Gasteiger partial charge on any atom is -0.481 e. The number of carbonyl (C=O) groups is 2. The van der Waals surface area contributed by atoms with E-state index in [-0.39, 0.29) is 24.7 Å². The van der Waals surface area contributed by atoms with Gasteiger partial charge in [0.15, 0.2) is 0 Å². The Morgan fingerprint density at radius 2 is 2.05 bits per heavy atom. The van der Waals surface area contributed by atoms with Gasteiger partial charge in [0.05, 0.1) is 36.9 Å². The Kier molecular flexibility index (Phi) is 3.02. The minimum atomic E-state index is -0.953. The number of carbonyl (C=O) groups excluding carboxylic acids is 1. The molecule has 1 aromatic rings. The lowest BCUT2D eigenvalue weighted by Gasteiger charge is -2.23. The molecule has 102 valence electrons. The van der Waals surface area contributed by atoms with Gasteiger partial charge in [0.1, 0.15) is 5.76 Å². The van der Waals surface area contributed by atoms with Gasteiger partial charge in [0.25, 0.3) is 0 Å². The number of carboxylic acid groups (broad SMARTS) is 1. The molecule has 3 heterocycles. The third kappa shape index (κ3) is 2.12. The summed E-state index contributed by atoms with van der Waals surface area (Å²) >= 11 is 0. The van der Waals surface area contributed by atoms with Crippen molar-refractivity contribution in [2.24, 2.45) is 11.8 Å². The number of hydrogen-bond acceptors (Lipinski definition) is 4. The molecule has 0 aromatic carbocycles. The second-order valence-corrected chi connectivity index (χ2v) is 4.98. The van der Waals surface area contributed by atoms with Gasteiger partial charge in [0.2, 0.25) is 5.91 Å². The van der Waals surface area contributed by atoms with Crippen LogP contribution in [0.15, 0.2) is 22.8 Å². The molecule has 2 aliphatic rings. The molecule has 6 heteroatoms. The van der Waals surface area contributed by atoms with E-state index < -0.39 is 17.8 Å². The topological polar surface area (TPSA) is 88.8 Å². The fourth-order valence-corrected chi connectivity index (χ4v) is 3.03. The molecule has 0 spiro atoms. The Balaban J connectivity index is 1.66. The fraction of sp³-hybridized carbons (Fsp3) is 0.538. The molecule has 0 unspecified atom stereocenters. The van der Waals surface area contributed by atoms with Crippen LogP contribution in [0.3, 0.4) is 0 Å². The van der Waals surface area contributed by atoms with E-state index in [4.69, 9.17) is 9.15 Å². The lowest BCUT2D eigenvalue weighted by molar-refractivity contribution is -0.147. The molecule has 3 rings (SSSR count). The van der Waals surface area contributed by atoms with Crippen LogP contribution in [0, 0.1) is 11.8 Å². The zero-order chi connectivity index (χ0) is 13.4. The number of hydrogen-bond donors (Lipinski definition) is 2. The molecule has 1 aromatic heterocycles. The first-order chi connectivity index (χ1) is 9.16. The number of nitrogens with one attached hydrogen (secondary N) is 1. The van der Waals surface area contributed by atoms with Gasteiger partial charge in [-0.3, -0.25) is 9.59 Å². The Bertz CT molecular complexity index is 483. The highest BCUT2D eigenvalue weighted by Gasteiger charge is 2.55. The van der Waals surface area contributed by atoms with Crippen molar-refractivity contribution in [2.75, 3.05) is 0 Å². The van der Waals surface area contributed by atoms with E-state index in [2.05, 4.69) is 5.32 Å². The third-order valence-electron chi connectivity index (χ3n) is 3.88. The zero-order valence-electron chi connectivity index (χ0n) is 10.2. The van der Waals surface area contributed by atoms with Crippen molar-refractivity contribution in [3.05, 3.63) is 24.2 Å². The van der Waals surface area contributed by atoms with Crippen molar-refractivity contribution in [1.82, 2.24) is 5.32 Å². The van der Waals surface area contributed by atoms with Crippen molar-refractivity contribution in [1.29, 1.82) is 0 Å². The molecular formula is C13H15NO5.